The van der Waals surface area contributed by atoms with Crippen molar-refractivity contribution in [1.29, 1.82) is 0 Å². The molecular formula is C51H61FN6O7. The minimum Gasteiger partial charge on any atom is -0.329 e. The van der Waals surface area contributed by atoms with E-state index in [1.165, 1.54) is 16.5 Å². The van der Waals surface area contributed by atoms with Crippen LogP contribution < -0.4 is 16.0 Å². The number of fused-ring (bicyclic) bond motifs is 3. The van der Waals surface area contributed by atoms with Gasteiger partial charge in [0.25, 0.3) is 17.7 Å². The summed E-state index contributed by atoms with van der Waals surface area (Å²) >= 11 is 0. The summed E-state index contributed by atoms with van der Waals surface area (Å²) < 4.78 is 14.1. The Morgan fingerprint density at radius 3 is 1.58 bits per heavy atom. The molecule has 7 amide bonds. The zero-order chi connectivity index (χ0) is 46.3. The molecule has 0 bridgehead atoms. The first kappa shape index (κ1) is 48.0. The topological polar surface area (TPSA) is 165 Å². The number of hydrogen-bond donors (Lipinski definition) is 3. The van der Waals surface area contributed by atoms with E-state index in [4.69, 9.17) is 0 Å². The third kappa shape index (κ3) is 9.67. The van der Waals surface area contributed by atoms with Crippen molar-refractivity contribution in [2.45, 2.75) is 143 Å². The van der Waals surface area contributed by atoms with E-state index < -0.39 is 17.9 Å². The van der Waals surface area contributed by atoms with Crippen LogP contribution in [0.3, 0.4) is 0 Å². The molecule has 0 saturated carbocycles. The number of carbonyl (C=O) groups is 7. The van der Waals surface area contributed by atoms with Crippen molar-refractivity contribution < 1.29 is 38.0 Å². The lowest BCUT2D eigenvalue weighted by Crippen LogP contribution is -2.52. The third-order valence-electron chi connectivity index (χ3n) is 13.0. The average Bonchev–Trinajstić information content (AvgIpc) is 3.88. The standard InChI is InChI=1S/C17H19FN2O2.C17H20N2O2.C16H18N2O3.CH4/c1-9(2)11-5-6-13(18)15-12(11)8-20(17(15)22)14-7-4-10(3)19-16(14)21;1-10(2)12-5-6-14-13(8-12)9-19(17(14)21)15-7-4-11(3)18-16(15)20;1-9(2)10-3-4-11-8-18(16(21)12(11)7-10)13-5-6-14(19)17-15(13)20;/h5-6,9,14H,3-4,7-8H2,1-2H3,(H,19,21);5-6,8,10,15H,3-4,7,9H2,1-2H3,(H,18,20);3-4,7,9,13H,5-6,8H2,1-2H3,(H,17,19,20);1H4. The maximum absolute atomic E-state index is 14.1. The normalized spacial score (nSPS) is 21.3. The molecule has 13 nitrogen and oxygen atoms in total. The van der Waals surface area contributed by atoms with Crippen LogP contribution in [0.15, 0.2) is 73.1 Å². The van der Waals surface area contributed by atoms with Crippen molar-refractivity contribution in [3.63, 3.8) is 0 Å². The number of allylic oxidation sites excluding steroid dienone is 2. The van der Waals surface area contributed by atoms with E-state index in [1.807, 2.05) is 44.2 Å². The van der Waals surface area contributed by atoms with Gasteiger partial charge < -0.3 is 25.3 Å². The van der Waals surface area contributed by atoms with Crippen LogP contribution >= 0.6 is 0 Å². The van der Waals surface area contributed by atoms with Crippen molar-refractivity contribution in [2.75, 3.05) is 0 Å². The minimum atomic E-state index is -0.551. The fourth-order valence-electron chi connectivity index (χ4n) is 9.24. The van der Waals surface area contributed by atoms with Gasteiger partial charge >= 0.3 is 0 Å². The second-order valence-corrected chi connectivity index (χ2v) is 18.3. The highest BCUT2D eigenvalue weighted by molar-refractivity contribution is 6.06. The molecule has 344 valence electrons. The van der Waals surface area contributed by atoms with Gasteiger partial charge in [-0.05, 0) is 101 Å². The molecule has 0 radical (unpaired) electrons. The number of piperidine rings is 3. The first-order valence-corrected chi connectivity index (χ1v) is 22.1. The molecule has 3 fully saturated rings. The van der Waals surface area contributed by atoms with E-state index in [0.717, 1.165) is 45.5 Å². The van der Waals surface area contributed by atoms with E-state index in [-0.39, 0.29) is 72.7 Å². The lowest BCUT2D eigenvalue weighted by Gasteiger charge is -2.31. The summed E-state index contributed by atoms with van der Waals surface area (Å²) in [4.78, 5) is 89.8. The largest absolute Gasteiger partial charge is 0.329 e. The summed E-state index contributed by atoms with van der Waals surface area (Å²) in [5.41, 5.74) is 8.97. The van der Waals surface area contributed by atoms with Crippen LogP contribution in [0.4, 0.5) is 4.39 Å². The number of nitrogens with one attached hydrogen (secondary N) is 3. The van der Waals surface area contributed by atoms with Gasteiger partial charge in [0.05, 0.1) is 5.56 Å². The van der Waals surface area contributed by atoms with Gasteiger partial charge in [0, 0.05) is 48.6 Å². The molecule has 3 aromatic rings. The fraction of sp³-hybridized carbons (Fsp3) is 0.431. The number of hydrogen-bond acceptors (Lipinski definition) is 7. The SMILES string of the molecule is C.C=C1CCC(N2Cc3c(C(C)C)ccc(F)c3C2=O)C(=O)N1.C=C1CCC(N2Cc3cc(C(C)C)ccc3C2=O)C(=O)N1.CC(C)c1ccc2c(c1)C(=O)N(C1CCC(=O)NC1=O)C2. The molecule has 6 aliphatic rings. The number of carbonyl (C=O) groups excluding carboxylic acids is 7. The second-order valence-electron chi connectivity index (χ2n) is 18.3. The van der Waals surface area contributed by atoms with Crippen LogP contribution in [0, 0.1) is 5.82 Å². The second kappa shape index (κ2) is 19.3. The summed E-state index contributed by atoms with van der Waals surface area (Å²) in [5, 5.41) is 7.75. The van der Waals surface area contributed by atoms with E-state index in [1.54, 1.807) is 15.9 Å². The van der Waals surface area contributed by atoms with Crippen LogP contribution in [0.1, 0.15) is 170 Å². The van der Waals surface area contributed by atoms with Crippen molar-refractivity contribution in [1.82, 2.24) is 30.7 Å². The highest BCUT2D eigenvalue weighted by Crippen LogP contribution is 2.36. The lowest BCUT2D eigenvalue weighted by molar-refractivity contribution is -0.137. The highest BCUT2D eigenvalue weighted by Gasteiger charge is 2.42. The Balaban J connectivity index is 0.000000160. The van der Waals surface area contributed by atoms with Crippen molar-refractivity contribution in [2.24, 2.45) is 0 Å². The number of rotatable bonds is 6. The van der Waals surface area contributed by atoms with Crippen LogP contribution in [0.25, 0.3) is 0 Å². The fourth-order valence-corrected chi connectivity index (χ4v) is 9.24. The number of nitrogens with zero attached hydrogens (tertiary/aromatic N) is 3. The van der Waals surface area contributed by atoms with Gasteiger partial charge in [-0.25, -0.2) is 4.39 Å². The lowest BCUT2D eigenvalue weighted by atomic mass is 9.94. The number of halogens is 1. The van der Waals surface area contributed by atoms with Gasteiger partial charge in [0.1, 0.15) is 23.9 Å². The smallest absolute Gasteiger partial charge is 0.258 e. The van der Waals surface area contributed by atoms with Crippen molar-refractivity contribution >= 4 is 41.4 Å². The monoisotopic (exact) mass is 888 g/mol. The Bertz CT molecular complexity index is 2460. The van der Waals surface area contributed by atoms with E-state index in [2.05, 4.69) is 62.9 Å². The Labute approximate surface area is 380 Å². The molecule has 3 atom stereocenters. The van der Waals surface area contributed by atoms with Crippen molar-refractivity contribution in [3.8, 4) is 0 Å². The molecular weight excluding hydrogens is 828 g/mol. The molecule has 6 heterocycles. The maximum atomic E-state index is 14.1. The average molecular weight is 889 g/mol. The van der Waals surface area contributed by atoms with E-state index in [9.17, 15) is 38.0 Å². The van der Waals surface area contributed by atoms with Gasteiger partial charge in [0.15, 0.2) is 0 Å². The maximum Gasteiger partial charge on any atom is 0.258 e. The zero-order valence-electron chi connectivity index (χ0n) is 37.4. The Morgan fingerprint density at radius 1 is 0.554 bits per heavy atom. The van der Waals surface area contributed by atoms with Gasteiger partial charge in [-0.2, -0.15) is 0 Å². The quantitative estimate of drug-likeness (QED) is 0.216. The summed E-state index contributed by atoms with van der Waals surface area (Å²) in [6.45, 7) is 21.2. The summed E-state index contributed by atoms with van der Waals surface area (Å²) in [6, 6.07) is 13.5. The molecule has 0 aliphatic carbocycles. The molecule has 0 aromatic heterocycles. The summed E-state index contributed by atoms with van der Waals surface area (Å²) in [5.74, 6) is -1.03. The molecule has 6 aliphatic heterocycles. The predicted octanol–water partition coefficient (Wildman–Crippen LogP) is 7.46. The highest BCUT2D eigenvalue weighted by atomic mass is 19.1. The molecule has 3 N–H and O–H groups in total. The van der Waals surface area contributed by atoms with Gasteiger partial charge in [0.2, 0.25) is 23.6 Å². The first-order chi connectivity index (χ1) is 30.3. The van der Waals surface area contributed by atoms with Gasteiger partial charge in [-0.15, -0.1) is 0 Å². The molecule has 14 heteroatoms. The van der Waals surface area contributed by atoms with Crippen LogP contribution in [-0.2, 0) is 38.8 Å². The minimum absolute atomic E-state index is 0. The summed E-state index contributed by atoms with van der Waals surface area (Å²) in [6.07, 6.45) is 3.24. The van der Waals surface area contributed by atoms with Crippen LogP contribution in [0.5, 0.6) is 0 Å². The van der Waals surface area contributed by atoms with Gasteiger partial charge in [-0.1, -0.05) is 92.5 Å². The number of amides is 7. The van der Waals surface area contributed by atoms with Crippen LogP contribution in [-0.4, -0.2) is 74.2 Å². The van der Waals surface area contributed by atoms with E-state index >= 15 is 0 Å². The molecule has 3 unspecified atom stereocenters. The number of benzene rings is 3. The summed E-state index contributed by atoms with van der Waals surface area (Å²) in [7, 11) is 0. The first-order valence-electron chi connectivity index (χ1n) is 22.1. The Hall–Kier alpha value is -6.44. The number of imide groups is 1. The molecule has 3 saturated heterocycles. The Kier molecular flexibility index (Phi) is 14.3. The van der Waals surface area contributed by atoms with E-state index in [0.29, 0.717) is 68.4 Å². The Morgan fingerprint density at radius 2 is 1.05 bits per heavy atom. The molecule has 0 spiro atoms. The van der Waals surface area contributed by atoms with Crippen LogP contribution in [0.2, 0.25) is 0 Å². The predicted molar refractivity (Wildman–Crippen MR) is 245 cm³/mol. The zero-order valence-corrected chi connectivity index (χ0v) is 37.4. The molecule has 3 aromatic carbocycles. The molecule has 65 heavy (non-hydrogen) atoms. The molecule has 9 rings (SSSR count). The van der Waals surface area contributed by atoms with Crippen molar-refractivity contribution in [3.05, 3.63) is 129 Å². The third-order valence-corrected chi connectivity index (χ3v) is 13.0. The van der Waals surface area contributed by atoms with Gasteiger partial charge in [-0.3, -0.25) is 38.9 Å².